The van der Waals surface area contributed by atoms with Gasteiger partial charge in [-0.2, -0.15) is 0 Å². The minimum atomic E-state index is 0.145. The third kappa shape index (κ3) is 3.56. The molecule has 0 saturated heterocycles. The van der Waals surface area contributed by atoms with Gasteiger partial charge in [0.2, 0.25) is 5.88 Å². The predicted octanol–water partition coefficient (Wildman–Crippen LogP) is 4.63. The van der Waals surface area contributed by atoms with E-state index in [0.29, 0.717) is 5.88 Å². The van der Waals surface area contributed by atoms with Gasteiger partial charge in [0.25, 0.3) is 0 Å². The summed E-state index contributed by atoms with van der Waals surface area (Å²) >= 11 is 0. The van der Waals surface area contributed by atoms with Crippen molar-refractivity contribution in [1.29, 1.82) is 0 Å². The van der Waals surface area contributed by atoms with E-state index in [1.54, 1.807) is 0 Å². The number of pyridine rings is 1. The van der Waals surface area contributed by atoms with Gasteiger partial charge in [-0.1, -0.05) is 24.6 Å². The molecule has 3 rings (SSSR count). The average Bonchev–Trinajstić information content (AvgIpc) is 2.59. The summed E-state index contributed by atoms with van der Waals surface area (Å²) in [6.45, 7) is 11.6. The Hall–Kier alpha value is -2.07. The first-order valence-electron chi connectivity index (χ1n) is 9.58. The van der Waals surface area contributed by atoms with Gasteiger partial charge in [0.1, 0.15) is 5.75 Å². The summed E-state index contributed by atoms with van der Waals surface area (Å²) < 4.78 is 6.37. The van der Waals surface area contributed by atoms with Crippen LogP contribution in [0.4, 0.5) is 5.69 Å². The van der Waals surface area contributed by atoms with Crippen molar-refractivity contribution < 1.29 is 9.84 Å². The molecule has 26 heavy (non-hydrogen) atoms. The monoisotopic (exact) mass is 354 g/mol. The third-order valence-corrected chi connectivity index (χ3v) is 5.25. The second-order valence-electron chi connectivity index (χ2n) is 7.44. The number of rotatable bonds is 5. The lowest BCUT2D eigenvalue weighted by atomic mass is 9.99. The maximum absolute atomic E-state index is 9.79. The van der Waals surface area contributed by atoms with Gasteiger partial charge in [-0.25, -0.2) is 4.98 Å². The van der Waals surface area contributed by atoms with Crippen LogP contribution < -0.4 is 9.64 Å². The molecule has 1 atom stereocenters. The summed E-state index contributed by atoms with van der Waals surface area (Å²) in [5, 5.41) is 9.79. The second-order valence-corrected chi connectivity index (χ2v) is 7.44. The van der Waals surface area contributed by atoms with Gasteiger partial charge >= 0.3 is 0 Å². The lowest BCUT2D eigenvalue weighted by molar-refractivity contribution is 0.254. The van der Waals surface area contributed by atoms with Gasteiger partial charge < -0.3 is 14.7 Å². The quantitative estimate of drug-likeness (QED) is 0.850. The second kappa shape index (κ2) is 7.67. The van der Waals surface area contributed by atoms with Crippen LogP contribution in [0.3, 0.4) is 0 Å². The van der Waals surface area contributed by atoms with Crippen LogP contribution in [-0.4, -0.2) is 29.3 Å². The summed E-state index contributed by atoms with van der Waals surface area (Å²) in [6, 6.07) is 6.58. The zero-order valence-electron chi connectivity index (χ0n) is 16.6. The maximum Gasteiger partial charge on any atom is 0.224 e. The Morgan fingerprint density at radius 3 is 2.46 bits per heavy atom. The van der Waals surface area contributed by atoms with Gasteiger partial charge in [0, 0.05) is 23.5 Å². The molecule has 4 nitrogen and oxygen atoms in total. The molecule has 4 heteroatoms. The van der Waals surface area contributed by atoms with Gasteiger partial charge in [0.05, 0.1) is 12.6 Å². The Bertz CT molecular complexity index is 774. The van der Waals surface area contributed by atoms with Crippen molar-refractivity contribution in [3.8, 4) is 11.6 Å². The summed E-state index contributed by atoms with van der Waals surface area (Å²) in [7, 11) is 0. The van der Waals surface area contributed by atoms with Crippen LogP contribution in [0, 0.1) is 27.7 Å². The highest BCUT2D eigenvalue weighted by molar-refractivity contribution is 5.61. The number of ether oxygens (including phenoxy) is 1. The first-order valence-corrected chi connectivity index (χ1v) is 9.58. The number of aliphatic hydroxyl groups excluding tert-OH is 1. The van der Waals surface area contributed by atoms with Crippen molar-refractivity contribution in [3.63, 3.8) is 0 Å². The van der Waals surface area contributed by atoms with Gasteiger partial charge in [-0.15, -0.1) is 0 Å². The molecule has 1 unspecified atom stereocenters. The fourth-order valence-corrected chi connectivity index (χ4v) is 4.03. The highest BCUT2D eigenvalue weighted by Crippen LogP contribution is 2.38. The molecule has 0 aliphatic carbocycles. The van der Waals surface area contributed by atoms with Crippen molar-refractivity contribution in [2.45, 2.75) is 59.9 Å². The molecule has 0 amide bonds. The molecule has 2 aromatic rings. The van der Waals surface area contributed by atoms with Crippen LogP contribution in [0.15, 0.2) is 18.2 Å². The minimum absolute atomic E-state index is 0.145. The standard InChI is InChI=1S/C22H30N2O2/c1-6-18(13-25)24-9-7-8-19-20(24)12-17(5)23-22(19)26-21-15(3)10-14(2)11-16(21)4/h10-12,18,25H,6-9,13H2,1-5H3. The molecule has 1 aromatic carbocycles. The van der Waals surface area contributed by atoms with Crippen LogP contribution >= 0.6 is 0 Å². The number of aryl methyl sites for hydroxylation is 4. The smallest absolute Gasteiger partial charge is 0.224 e. The first kappa shape index (κ1) is 18.7. The highest BCUT2D eigenvalue weighted by atomic mass is 16.5. The number of aliphatic hydroxyl groups is 1. The molecule has 1 N–H and O–H groups in total. The highest BCUT2D eigenvalue weighted by Gasteiger charge is 2.27. The normalized spacial score (nSPS) is 14.9. The zero-order valence-corrected chi connectivity index (χ0v) is 16.6. The Balaban J connectivity index is 2.05. The van der Waals surface area contributed by atoms with Crippen LogP contribution in [0.5, 0.6) is 11.6 Å². The number of benzene rings is 1. The number of hydrogen-bond donors (Lipinski definition) is 1. The largest absolute Gasteiger partial charge is 0.438 e. The number of hydrogen-bond acceptors (Lipinski definition) is 4. The molecule has 0 fully saturated rings. The number of anilines is 1. The zero-order chi connectivity index (χ0) is 18.8. The number of nitrogens with zero attached hydrogens (tertiary/aromatic N) is 2. The van der Waals surface area contributed by atoms with E-state index in [1.807, 2.05) is 6.92 Å². The molecule has 140 valence electrons. The van der Waals surface area contributed by atoms with E-state index in [9.17, 15) is 5.11 Å². The molecule has 1 aliphatic heterocycles. The lowest BCUT2D eigenvalue weighted by Crippen LogP contribution is -2.41. The SMILES string of the molecule is CCC(CO)N1CCCc2c1cc(C)nc2Oc1c(C)cc(C)cc1C. The Morgan fingerprint density at radius 1 is 1.15 bits per heavy atom. The summed E-state index contributed by atoms with van der Waals surface area (Å²) in [5.41, 5.74) is 6.78. The topological polar surface area (TPSA) is 45.6 Å². The fourth-order valence-electron chi connectivity index (χ4n) is 4.03. The van der Waals surface area contributed by atoms with E-state index in [1.165, 1.54) is 11.3 Å². The number of fused-ring (bicyclic) bond motifs is 1. The van der Waals surface area contributed by atoms with Gasteiger partial charge in [0.15, 0.2) is 0 Å². The summed E-state index contributed by atoms with van der Waals surface area (Å²) in [6.07, 6.45) is 2.93. The lowest BCUT2D eigenvalue weighted by Gasteiger charge is -2.37. The van der Waals surface area contributed by atoms with Crippen LogP contribution in [0.25, 0.3) is 0 Å². The van der Waals surface area contributed by atoms with Crippen molar-refractivity contribution in [3.05, 3.63) is 46.1 Å². The molecule has 0 bridgehead atoms. The Labute approximate surface area is 156 Å². The Kier molecular flexibility index (Phi) is 5.52. The van der Waals surface area contributed by atoms with Crippen molar-refractivity contribution in [2.75, 3.05) is 18.1 Å². The van der Waals surface area contributed by atoms with E-state index in [-0.39, 0.29) is 12.6 Å². The van der Waals surface area contributed by atoms with Gasteiger partial charge in [-0.3, -0.25) is 0 Å². The molecule has 2 heterocycles. The van der Waals surface area contributed by atoms with Crippen molar-refractivity contribution >= 4 is 5.69 Å². The van der Waals surface area contributed by atoms with Crippen LogP contribution in [0.2, 0.25) is 0 Å². The van der Waals surface area contributed by atoms with E-state index in [0.717, 1.165) is 53.9 Å². The maximum atomic E-state index is 9.79. The molecule has 0 spiro atoms. The third-order valence-electron chi connectivity index (χ3n) is 5.25. The van der Waals surface area contributed by atoms with E-state index in [4.69, 9.17) is 9.72 Å². The van der Waals surface area contributed by atoms with Crippen molar-refractivity contribution in [2.24, 2.45) is 0 Å². The number of aromatic nitrogens is 1. The predicted molar refractivity (Wildman–Crippen MR) is 107 cm³/mol. The first-order chi connectivity index (χ1) is 12.4. The minimum Gasteiger partial charge on any atom is -0.438 e. The average molecular weight is 354 g/mol. The molecule has 0 saturated carbocycles. The van der Waals surface area contributed by atoms with E-state index >= 15 is 0 Å². The molecule has 0 radical (unpaired) electrons. The summed E-state index contributed by atoms with van der Waals surface area (Å²) in [5.74, 6) is 1.62. The van der Waals surface area contributed by atoms with Crippen LogP contribution in [0.1, 0.15) is 47.7 Å². The fraction of sp³-hybridized carbons (Fsp3) is 0.500. The molecular weight excluding hydrogens is 324 g/mol. The van der Waals surface area contributed by atoms with Gasteiger partial charge in [-0.05, 0) is 64.2 Å². The molecule has 1 aliphatic rings. The van der Waals surface area contributed by atoms with E-state index < -0.39 is 0 Å². The van der Waals surface area contributed by atoms with Crippen molar-refractivity contribution in [1.82, 2.24) is 4.98 Å². The summed E-state index contributed by atoms with van der Waals surface area (Å²) in [4.78, 5) is 7.05. The van der Waals surface area contributed by atoms with Crippen LogP contribution in [-0.2, 0) is 6.42 Å². The molecule has 1 aromatic heterocycles. The molecular formula is C22H30N2O2. The Morgan fingerprint density at radius 2 is 1.85 bits per heavy atom. The van der Waals surface area contributed by atoms with E-state index in [2.05, 4.69) is 50.8 Å².